The van der Waals surface area contributed by atoms with Gasteiger partial charge in [-0.3, -0.25) is 4.98 Å². The van der Waals surface area contributed by atoms with E-state index in [4.69, 9.17) is 11.6 Å². The van der Waals surface area contributed by atoms with E-state index in [2.05, 4.69) is 4.98 Å². The fourth-order valence-corrected chi connectivity index (χ4v) is 3.71. The number of carboxylic acids is 1. The Balaban J connectivity index is 1.99. The number of hydrogen-bond acceptors (Lipinski definition) is 2. The van der Waals surface area contributed by atoms with E-state index in [0.29, 0.717) is 27.2 Å². The predicted octanol–water partition coefficient (Wildman–Crippen LogP) is 6.07. The van der Waals surface area contributed by atoms with Gasteiger partial charge in [-0.1, -0.05) is 29.8 Å². The maximum absolute atomic E-state index is 13.5. The van der Waals surface area contributed by atoms with E-state index in [-0.39, 0.29) is 23.5 Å². The molecule has 0 unspecified atom stereocenters. The van der Waals surface area contributed by atoms with Gasteiger partial charge in [-0.05, 0) is 54.7 Å². The summed E-state index contributed by atoms with van der Waals surface area (Å²) in [4.78, 5) is 16.6. The first-order chi connectivity index (χ1) is 13.3. The maximum atomic E-state index is 13.5. The molecule has 1 aliphatic carbocycles. The van der Waals surface area contributed by atoms with Crippen molar-refractivity contribution in [3.05, 3.63) is 75.4 Å². The third-order valence-electron chi connectivity index (χ3n) is 4.95. The lowest BCUT2D eigenvalue weighted by Gasteiger charge is -2.17. The van der Waals surface area contributed by atoms with Crippen molar-refractivity contribution in [2.45, 2.75) is 31.4 Å². The smallest absolute Gasteiger partial charge is 0.416 e. The lowest BCUT2D eigenvalue weighted by molar-refractivity contribution is -0.138. The van der Waals surface area contributed by atoms with Crippen LogP contribution in [0.3, 0.4) is 0 Å². The largest absolute Gasteiger partial charge is 0.478 e. The number of fused-ring (bicyclic) bond motifs is 1. The van der Waals surface area contributed by atoms with E-state index in [0.717, 1.165) is 18.9 Å². The number of halogens is 4. The van der Waals surface area contributed by atoms with Crippen LogP contribution in [0.4, 0.5) is 13.2 Å². The molecule has 7 heteroatoms. The molecule has 1 fully saturated rings. The summed E-state index contributed by atoms with van der Waals surface area (Å²) in [6.45, 7) is 0. The highest BCUT2D eigenvalue weighted by molar-refractivity contribution is 6.31. The van der Waals surface area contributed by atoms with Gasteiger partial charge in [0.05, 0.1) is 22.3 Å². The van der Waals surface area contributed by atoms with Crippen LogP contribution in [0.25, 0.3) is 10.9 Å². The third kappa shape index (κ3) is 3.44. The molecule has 1 aliphatic rings. The van der Waals surface area contributed by atoms with Gasteiger partial charge in [0, 0.05) is 16.3 Å². The van der Waals surface area contributed by atoms with Crippen molar-refractivity contribution in [1.29, 1.82) is 0 Å². The van der Waals surface area contributed by atoms with E-state index in [9.17, 15) is 23.1 Å². The van der Waals surface area contributed by atoms with Crippen molar-refractivity contribution in [3.63, 3.8) is 0 Å². The lowest BCUT2D eigenvalue weighted by atomic mass is 9.91. The van der Waals surface area contributed by atoms with Crippen LogP contribution in [0.15, 0.2) is 42.5 Å². The molecule has 0 bridgehead atoms. The second-order valence-electron chi connectivity index (χ2n) is 6.92. The fourth-order valence-electron chi connectivity index (χ4n) is 3.54. The molecule has 0 radical (unpaired) electrons. The zero-order valence-electron chi connectivity index (χ0n) is 14.6. The van der Waals surface area contributed by atoms with Crippen molar-refractivity contribution in [2.24, 2.45) is 0 Å². The summed E-state index contributed by atoms with van der Waals surface area (Å²) >= 11 is 6.09. The van der Waals surface area contributed by atoms with Gasteiger partial charge in [0.2, 0.25) is 0 Å². The average Bonchev–Trinajstić information content (AvgIpc) is 3.46. The second-order valence-corrected chi connectivity index (χ2v) is 7.36. The first-order valence-corrected chi connectivity index (χ1v) is 9.14. The van der Waals surface area contributed by atoms with Gasteiger partial charge in [-0.15, -0.1) is 0 Å². The van der Waals surface area contributed by atoms with Gasteiger partial charge in [0.15, 0.2) is 0 Å². The van der Waals surface area contributed by atoms with Crippen LogP contribution in [-0.2, 0) is 12.6 Å². The van der Waals surface area contributed by atoms with Crippen molar-refractivity contribution < 1.29 is 23.1 Å². The number of hydrogen-bond donors (Lipinski definition) is 1. The van der Waals surface area contributed by atoms with Gasteiger partial charge in [0.1, 0.15) is 0 Å². The normalized spacial score (nSPS) is 14.4. The van der Waals surface area contributed by atoms with Crippen LogP contribution in [0.1, 0.15) is 51.5 Å². The van der Waals surface area contributed by atoms with E-state index < -0.39 is 17.7 Å². The molecule has 0 atom stereocenters. The van der Waals surface area contributed by atoms with Crippen molar-refractivity contribution in [1.82, 2.24) is 4.98 Å². The van der Waals surface area contributed by atoms with Gasteiger partial charge in [0.25, 0.3) is 0 Å². The second kappa shape index (κ2) is 6.78. The summed E-state index contributed by atoms with van der Waals surface area (Å²) in [7, 11) is 0. The highest BCUT2D eigenvalue weighted by Crippen LogP contribution is 2.43. The number of rotatable bonds is 4. The molecular formula is C21H15ClF3NO2. The quantitative estimate of drug-likeness (QED) is 0.572. The molecule has 1 saturated carbocycles. The molecule has 0 aliphatic heterocycles. The number of alkyl halides is 3. The van der Waals surface area contributed by atoms with Gasteiger partial charge in [-0.25, -0.2) is 4.79 Å². The highest BCUT2D eigenvalue weighted by atomic mass is 35.5. The Morgan fingerprint density at radius 3 is 2.54 bits per heavy atom. The van der Waals surface area contributed by atoms with Crippen LogP contribution in [0.5, 0.6) is 0 Å². The van der Waals surface area contributed by atoms with Gasteiger partial charge >= 0.3 is 12.1 Å². The molecule has 1 aromatic heterocycles. The zero-order chi connectivity index (χ0) is 20.1. The van der Waals surface area contributed by atoms with E-state index in [1.807, 2.05) is 0 Å². The van der Waals surface area contributed by atoms with E-state index >= 15 is 0 Å². The minimum absolute atomic E-state index is 0.00533. The van der Waals surface area contributed by atoms with Crippen LogP contribution in [-0.4, -0.2) is 16.1 Å². The monoisotopic (exact) mass is 405 g/mol. The van der Waals surface area contributed by atoms with Crippen molar-refractivity contribution in [3.8, 4) is 0 Å². The number of carboxylic acid groups (broad SMARTS) is 1. The molecule has 144 valence electrons. The van der Waals surface area contributed by atoms with Crippen LogP contribution < -0.4 is 0 Å². The summed E-state index contributed by atoms with van der Waals surface area (Å²) in [6.07, 6.45) is -3.05. The van der Waals surface area contributed by atoms with Crippen LogP contribution in [0.2, 0.25) is 5.02 Å². The number of aromatic carboxylic acids is 1. The molecule has 2 aromatic carbocycles. The minimum Gasteiger partial charge on any atom is -0.478 e. The predicted molar refractivity (Wildman–Crippen MR) is 99.9 cm³/mol. The summed E-state index contributed by atoms with van der Waals surface area (Å²) < 4.78 is 40.4. The molecule has 0 saturated heterocycles. The molecule has 3 aromatic rings. The Morgan fingerprint density at radius 1 is 1.18 bits per heavy atom. The number of carbonyl (C=O) groups is 1. The van der Waals surface area contributed by atoms with Gasteiger partial charge < -0.3 is 5.11 Å². The molecule has 1 heterocycles. The minimum atomic E-state index is -4.53. The summed E-state index contributed by atoms with van der Waals surface area (Å²) in [5.41, 5.74) is 0.545. The number of pyridine rings is 1. The molecule has 0 amide bonds. The lowest BCUT2D eigenvalue weighted by Crippen LogP contribution is -2.13. The average molecular weight is 406 g/mol. The Morgan fingerprint density at radius 2 is 1.89 bits per heavy atom. The first kappa shape index (κ1) is 18.7. The molecule has 4 rings (SSSR count). The fraction of sp³-hybridized carbons (Fsp3) is 0.238. The van der Waals surface area contributed by atoms with E-state index in [1.54, 1.807) is 18.2 Å². The summed E-state index contributed by atoms with van der Waals surface area (Å²) in [5.74, 6) is -1.15. The Bertz CT molecular complexity index is 1090. The summed E-state index contributed by atoms with van der Waals surface area (Å²) in [5, 5.41) is 10.7. The maximum Gasteiger partial charge on any atom is 0.416 e. The highest BCUT2D eigenvalue weighted by Gasteiger charge is 2.35. The topological polar surface area (TPSA) is 50.2 Å². The molecule has 0 spiro atoms. The molecule has 28 heavy (non-hydrogen) atoms. The van der Waals surface area contributed by atoms with E-state index in [1.165, 1.54) is 18.2 Å². The Kier molecular flexibility index (Phi) is 4.54. The van der Waals surface area contributed by atoms with Crippen molar-refractivity contribution in [2.75, 3.05) is 0 Å². The SMILES string of the molecule is O=C(O)c1c(C2CC2)nc2ccc(Cl)cc2c1Cc1ccccc1C(F)(F)F. The molecule has 3 nitrogen and oxygen atoms in total. The number of aromatic nitrogens is 1. The Hall–Kier alpha value is -2.60. The Labute approximate surface area is 163 Å². The van der Waals surface area contributed by atoms with Crippen LogP contribution >= 0.6 is 11.6 Å². The van der Waals surface area contributed by atoms with Gasteiger partial charge in [-0.2, -0.15) is 13.2 Å². The standard InChI is InChI=1S/C21H15ClF3NO2/c22-13-7-8-17-14(10-13)15(18(20(27)28)19(26-17)11-5-6-11)9-12-3-1-2-4-16(12)21(23,24)25/h1-4,7-8,10-11H,5-6,9H2,(H,27,28). The zero-order valence-corrected chi connectivity index (χ0v) is 15.3. The van der Waals surface area contributed by atoms with Crippen molar-refractivity contribution >= 4 is 28.5 Å². The third-order valence-corrected chi connectivity index (χ3v) is 5.19. The first-order valence-electron chi connectivity index (χ1n) is 8.76. The number of nitrogens with zero attached hydrogens (tertiary/aromatic N) is 1. The summed E-state index contributed by atoms with van der Waals surface area (Å²) in [6, 6.07) is 10.1. The van der Waals surface area contributed by atoms with Crippen LogP contribution in [0, 0.1) is 0 Å². The molecular weight excluding hydrogens is 391 g/mol. The number of benzene rings is 2. The molecule has 1 N–H and O–H groups in total.